The summed E-state index contributed by atoms with van der Waals surface area (Å²) in [6.45, 7) is 1.97. The average molecular weight is 250 g/mol. The molecule has 0 aromatic heterocycles. The van der Waals surface area contributed by atoms with E-state index in [4.69, 9.17) is 0 Å². The smallest absolute Gasteiger partial charge is 0.194 e. The van der Waals surface area contributed by atoms with Crippen LogP contribution < -0.4 is 0 Å². The molecule has 0 bridgehead atoms. The molecule has 0 aliphatic heterocycles. The minimum Gasteiger partial charge on any atom is -0.388 e. The Labute approximate surface area is 96.7 Å². The molecule has 0 aliphatic rings. The minimum absolute atomic E-state index is 0.185. The Morgan fingerprint density at radius 2 is 1.94 bits per heavy atom. The Kier molecular flexibility index (Phi) is 5.15. The van der Waals surface area contributed by atoms with Crippen molar-refractivity contribution in [1.82, 2.24) is 0 Å². The summed E-state index contributed by atoms with van der Waals surface area (Å²) in [4.78, 5) is 0. The zero-order valence-electron chi connectivity index (χ0n) is 8.84. The number of halogens is 3. The van der Waals surface area contributed by atoms with Gasteiger partial charge in [-0.25, -0.2) is 13.2 Å². The number of benzene rings is 1. The molecular formula is C11H13F3OS. The van der Waals surface area contributed by atoms with Crippen LogP contribution in [0, 0.1) is 17.5 Å². The van der Waals surface area contributed by atoms with Crippen molar-refractivity contribution in [1.29, 1.82) is 0 Å². The fourth-order valence-electron chi connectivity index (χ4n) is 1.29. The average Bonchev–Trinajstić information content (AvgIpc) is 2.26. The van der Waals surface area contributed by atoms with Crippen molar-refractivity contribution in [2.45, 2.75) is 19.4 Å². The van der Waals surface area contributed by atoms with Crippen molar-refractivity contribution >= 4 is 11.8 Å². The predicted molar refractivity (Wildman–Crippen MR) is 58.9 cm³/mol. The van der Waals surface area contributed by atoms with Gasteiger partial charge >= 0.3 is 0 Å². The first-order valence-electron chi connectivity index (χ1n) is 4.97. The van der Waals surface area contributed by atoms with Gasteiger partial charge in [0.2, 0.25) is 0 Å². The Bertz CT molecular complexity index is 357. The van der Waals surface area contributed by atoms with Crippen LogP contribution in [0.15, 0.2) is 12.1 Å². The third kappa shape index (κ3) is 3.15. The van der Waals surface area contributed by atoms with Crippen LogP contribution in [0.5, 0.6) is 0 Å². The third-order valence-corrected chi connectivity index (χ3v) is 3.10. The van der Waals surface area contributed by atoms with Crippen LogP contribution in [0.2, 0.25) is 0 Å². The van der Waals surface area contributed by atoms with E-state index in [1.165, 1.54) is 0 Å². The molecule has 1 unspecified atom stereocenters. The van der Waals surface area contributed by atoms with Gasteiger partial charge in [-0.2, -0.15) is 11.8 Å². The SMILES string of the molecule is CCSCCC(O)c1ccc(F)c(F)c1F. The van der Waals surface area contributed by atoms with Crippen molar-refractivity contribution < 1.29 is 18.3 Å². The van der Waals surface area contributed by atoms with E-state index < -0.39 is 23.6 Å². The van der Waals surface area contributed by atoms with Crippen LogP contribution in [0.25, 0.3) is 0 Å². The summed E-state index contributed by atoms with van der Waals surface area (Å²) in [6, 6.07) is 1.90. The highest BCUT2D eigenvalue weighted by Crippen LogP contribution is 2.24. The molecule has 0 radical (unpaired) electrons. The quantitative estimate of drug-likeness (QED) is 0.639. The number of aliphatic hydroxyl groups is 1. The molecule has 1 N–H and O–H groups in total. The van der Waals surface area contributed by atoms with Gasteiger partial charge < -0.3 is 5.11 Å². The lowest BCUT2D eigenvalue weighted by molar-refractivity contribution is 0.168. The van der Waals surface area contributed by atoms with Crippen LogP contribution in [0.3, 0.4) is 0 Å². The minimum atomic E-state index is -1.53. The first kappa shape index (κ1) is 13.4. The van der Waals surface area contributed by atoms with Gasteiger partial charge in [0.1, 0.15) is 0 Å². The lowest BCUT2D eigenvalue weighted by Gasteiger charge is -2.11. The second-order valence-electron chi connectivity index (χ2n) is 3.27. The standard InChI is InChI=1S/C11H13F3OS/c1-2-16-6-5-9(15)7-3-4-8(12)11(14)10(7)13/h3-4,9,15H,2,5-6H2,1H3. The molecule has 90 valence electrons. The molecule has 1 aromatic rings. The van der Waals surface area contributed by atoms with Crippen molar-refractivity contribution in [3.05, 3.63) is 35.1 Å². The summed E-state index contributed by atoms with van der Waals surface area (Å²) < 4.78 is 38.7. The van der Waals surface area contributed by atoms with Crippen LogP contribution in [-0.4, -0.2) is 16.6 Å². The molecule has 0 saturated carbocycles. The largest absolute Gasteiger partial charge is 0.388 e. The zero-order chi connectivity index (χ0) is 12.1. The Morgan fingerprint density at radius 3 is 2.56 bits per heavy atom. The first-order chi connectivity index (χ1) is 7.57. The monoisotopic (exact) mass is 250 g/mol. The number of hydrogen-bond acceptors (Lipinski definition) is 2. The van der Waals surface area contributed by atoms with Crippen molar-refractivity contribution in [2.75, 3.05) is 11.5 Å². The first-order valence-corrected chi connectivity index (χ1v) is 6.12. The van der Waals surface area contributed by atoms with Crippen LogP contribution in [-0.2, 0) is 0 Å². The second kappa shape index (κ2) is 6.15. The maximum Gasteiger partial charge on any atom is 0.194 e. The highest BCUT2D eigenvalue weighted by Gasteiger charge is 2.18. The van der Waals surface area contributed by atoms with Crippen molar-refractivity contribution in [2.24, 2.45) is 0 Å². The molecule has 0 aliphatic carbocycles. The Hall–Kier alpha value is -0.680. The summed E-state index contributed by atoms with van der Waals surface area (Å²) in [6.07, 6.45) is -0.769. The van der Waals surface area contributed by atoms with Crippen molar-refractivity contribution in [3.63, 3.8) is 0 Å². The summed E-state index contributed by atoms with van der Waals surface area (Å²) in [7, 11) is 0. The van der Waals surface area contributed by atoms with E-state index in [0.717, 1.165) is 17.9 Å². The van der Waals surface area contributed by atoms with E-state index in [1.54, 1.807) is 11.8 Å². The third-order valence-electron chi connectivity index (χ3n) is 2.16. The molecule has 0 fully saturated rings. The van der Waals surface area contributed by atoms with Gasteiger partial charge in [-0.15, -0.1) is 0 Å². The van der Waals surface area contributed by atoms with Crippen LogP contribution in [0.1, 0.15) is 25.0 Å². The molecule has 1 aromatic carbocycles. The van der Waals surface area contributed by atoms with Gasteiger partial charge in [0.05, 0.1) is 6.10 Å². The molecule has 16 heavy (non-hydrogen) atoms. The molecule has 0 saturated heterocycles. The fraction of sp³-hybridized carbons (Fsp3) is 0.455. The van der Waals surface area contributed by atoms with E-state index in [1.807, 2.05) is 6.92 Å². The topological polar surface area (TPSA) is 20.2 Å². The van der Waals surface area contributed by atoms with E-state index in [-0.39, 0.29) is 5.56 Å². The number of hydrogen-bond donors (Lipinski definition) is 1. The molecule has 1 atom stereocenters. The highest BCUT2D eigenvalue weighted by atomic mass is 32.2. The van der Waals surface area contributed by atoms with E-state index in [2.05, 4.69) is 0 Å². The molecule has 0 heterocycles. The molecule has 5 heteroatoms. The van der Waals surface area contributed by atoms with Gasteiger partial charge in [-0.3, -0.25) is 0 Å². The van der Waals surface area contributed by atoms with Gasteiger partial charge in [-0.05, 0) is 24.0 Å². The summed E-state index contributed by atoms with van der Waals surface area (Å²) in [5.41, 5.74) is -0.185. The van der Waals surface area contributed by atoms with Gasteiger partial charge in [0, 0.05) is 5.56 Å². The second-order valence-corrected chi connectivity index (χ2v) is 4.66. The van der Waals surface area contributed by atoms with E-state index in [0.29, 0.717) is 12.2 Å². The number of aliphatic hydroxyl groups excluding tert-OH is 1. The number of thioether (sulfide) groups is 1. The fourth-order valence-corrected chi connectivity index (χ4v) is 1.97. The van der Waals surface area contributed by atoms with Gasteiger partial charge in [-0.1, -0.05) is 13.0 Å². The molecular weight excluding hydrogens is 237 g/mol. The maximum atomic E-state index is 13.2. The highest BCUT2D eigenvalue weighted by molar-refractivity contribution is 7.99. The maximum absolute atomic E-state index is 13.2. The molecule has 1 nitrogen and oxygen atoms in total. The van der Waals surface area contributed by atoms with Gasteiger partial charge in [0.25, 0.3) is 0 Å². The number of rotatable bonds is 5. The van der Waals surface area contributed by atoms with E-state index in [9.17, 15) is 18.3 Å². The lowest BCUT2D eigenvalue weighted by atomic mass is 10.1. The summed E-state index contributed by atoms with van der Waals surface area (Å²) in [5.74, 6) is -2.52. The van der Waals surface area contributed by atoms with E-state index >= 15 is 0 Å². The predicted octanol–water partition coefficient (Wildman–Crippen LogP) is 3.28. The normalized spacial score (nSPS) is 12.8. The summed E-state index contributed by atoms with van der Waals surface area (Å²) in [5, 5.41) is 9.60. The Morgan fingerprint density at radius 1 is 1.25 bits per heavy atom. The zero-order valence-corrected chi connectivity index (χ0v) is 9.66. The molecule has 0 amide bonds. The van der Waals surface area contributed by atoms with Gasteiger partial charge in [0.15, 0.2) is 17.5 Å². The van der Waals surface area contributed by atoms with Crippen molar-refractivity contribution in [3.8, 4) is 0 Å². The molecule has 0 spiro atoms. The summed E-state index contributed by atoms with van der Waals surface area (Å²) >= 11 is 1.59. The molecule has 1 rings (SSSR count). The van der Waals surface area contributed by atoms with Crippen LogP contribution >= 0.6 is 11.8 Å². The lowest BCUT2D eigenvalue weighted by Crippen LogP contribution is -2.05. The van der Waals surface area contributed by atoms with Crippen LogP contribution in [0.4, 0.5) is 13.2 Å². The Balaban J connectivity index is 2.76.